The number of pyridine rings is 1. The molecule has 0 radical (unpaired) electrons. The standard InChI is InChI=1S/C25H26N2O3.C2H6O.CH2O/c1-15-6-5-7-17(10-15)19-8-9-21(28-13-18-14-29-25(3,4)30-18)23-22(19)20-11-16(2)12-26-24(20)27-23;1-2-3;1-2/h5-12,18H,13-14H2,1-4H3,(H,26,27);3H,2H2,1H3;1H2. The number of nitrogens with zero attached hydrogens (tertiary/aromatic N) is 1. The molecule has 1 fully saturated rings. The number of fused-ring (bicyclic) bond motifs is 3. The predicted octanol–water partition coefficient (Wildman–Crippen LogP) is 5.34. The van der Waals surface area contributed by atoms with Gasteiger partial charge in [0.15, 0.2) is 5.79 Å². The summed E-state index contributed by atoms with van der Waals surface area (Å²) in [5.74, 6) is 0.242. The molecule has 7 nitrogen and oxygen atoms in total. The molecule has 35 heavy (non-hydrogen) atoms. The van der Waals surface area contributed by atoms with Crippen molar-refractivity contribution in [1.82, 2.24) is 9.97 Å². The molecule has 1 aliphatic heterocycles. The Labute approximate surface area is 206 Å². The topological polar surface area (TPSA) is 93.7 Å². The first kappa shape index (κ1) is 26.3. The molecular formula is C28H34N2O5. The molecule has 1 atom stereocenters. The van der Waals surface area contributed by atoms with Crippen molar-refractivity contribution in [2.24, 2.45) is 0 Å². The van der Waals surface area contributed by atoms with Crippen LogP contribution in [0.25, 0.3) is 33.1 Å². The van der Waals surface area contributed by atoms with Gasteiger partial charge in [0.25, 0.3) is 0 Å². The Hall–Kier alpha value is -3.26. The molecule has 3 heterocycles. The summed E-state index contributed by atoms with van der Waals surface area (Å²) in [6, 6.07) is 14.9. The number of rotatable bonds is 4. The van der Waals surface area contributed by atoms with E-state index in [1.807, 2.05) is 32.9 Å². The Morgan fingerprint density at radius 1 is 1.17 bits per heavy atom. The highest BCUT2D eigenvalue weighted by atomic mass is 16.7. The first-order chi connectivity index (χ1) is 16.8. The molecule has 2 N–H and O–H groups in total. The van der Waals surface area contributed by atoms with E-state index in [-0.39, 0.29) is 12.7 Å². The summed E-state index contributed by atoms with van der Waals surface area (Å²) in [4.78, 5) is 16.1. The smallest absolute Gasteiger partial charge is 0.163 e. The van der Waals surface area contributed by atoms with Gasteiger partial charge in [-0.1, -0.05) is 29.8 Å². The van der Waals surface area contributed by atoms with Gasteiger partial charge in [-0.2, -0.15) is 0 Å². The first-order valence-electron chi connectivity index (χ1n) is 11.6. The van der Waals surface area contributed by atoms with Crippen LogP contribution in [-0.2, 0) is 14.3 Å². The van der Waals surface area contributed by atoms with Crippen molar-refractivity contribution < 1.29 is 24.1 Å². The Morgan fingerprint density at radius 3 is 2.57 bits per heavy atom. The number of ether oxygens (including phenoxy) is 3. The zero-order valence-corrected chi connectivity index (χ0v) is 21.1. The molecule has 5 rings (SSSR count). The Morgan fingerprint density at radius 2 is 1.91 bits per heavy atom. The first-order valence-corrected chi connectivity index (χ1v) is 11.6. The zero-order chi connectivity index (χ0) is 25.6. The van der Waals surface area contributed by atoms with E-state index in [9.17, 15) is 0 Å². The van der Waals surface area contributed by atoms with Gasteiger partial charge in [0, 0.05) is 23.6 Å². The summed E-state index contributed by atoms with van der Waals surface area (Å²) in [7, 11) is 0. The summed E-state index contributed by atoms with van der Waals surface area (Å²) in [6.45, 7) is 12.9. The third-order valence-electron chi connectivity index (χ3n) is 5.53. The minimum atomic E-state index is -0.555. The Kier molecular flexibility index (Phi) is 8.62. The molecule has 0 amide bonds. The van der Waals surface area contributed by atoms with Crippen LogP contribution in [0.1, 0.15) is 31.9 Å². The number of hydrogen-bond acceptors (Lipinski definition) is 6. The second-order valence-corrected chi connectivity index (χ2v) is 8.84. The fourth-order valence-electron chi connectivity index (χ4n) is 4.17. The maximum Gasteiger partial charge on any atom is 0.163 e. The molecule has 1 aliphatic rings. The van der Waals surface area contributed by atoms with E-state index < -0.39 is 5.79 Å². The Balaban J connectivity index is 0.000000638. The number of aliphatic hydroxyl groups is 1. The van der Waals surface area contributed by atoms with E-state index in [1.165, 1.54) is 16.7 Å². The monoisotopic (exact) mass is 478 g/mol. The third kappa shape index (κ3) is 6.06. The van der Waals surface area contributed by atoms with Crippen molar-refractivity contribution in [2.75, 3.05) is 19.8 Å². The van der Waals surface area contributed by atoms with Crippen LogP contribution < -0.4 is 4.74 Å². The number of aromatic amines is 1. The van der Waals surface area contributed by atoms with Crippen LogP contribution in [-0.4, -0.2) is 53.6 Å². The Bertz CT molecular complexity index is 1280. The molecule has 186 valence electrons. The molecule has 1 unspecified atom stereocenters. The maximum absolute atomic E-state index is 8.00. The van der Waals surface area contributed by atoms with E-state index in [1.54, 1.807) is 6.92 Å². The van der Waals surface area contributed by atoms with Gasteiger partial charge in [-0.25, -0.2) is 4.98 Å². The van der Waals surface area contributed by atoms with E-state index in [4.69, 9.17) is 24.1 Å². The summed E-state index contributed by atoms with van der Waals surface area (Å²) in [6.07, 6.45) is 1.80. The van der Waals surface area contributed by atoms with Gasteiger partial charge in [0.05, 0.1) is 12.1 Å². The molecule has 0 aliphatic carbocycles. The van der Waals surface area contributed by atoms with Gasteiger partial charge in [0.1, 0.15) is 30.9 Å². The number of H-pyrrole nitrogens is 1. The minimum absolute atomic E-state index is 0.0868. The number of carbonyl (C=O) groups excluding carboxylic acids is 1. The minimum Gasteiger partial charge on any atom is -0.489 e. The maximum atomic E-state index is 8.00. The number of aryl methyl sites for hydroxylation is 2. The highest BCUT2D eigenvalue weighted by Gasteiger charge is 2.33. The van der Waals surface area contributed by atoms with Crippen LogP contribution >= 0.6 is 0 Å². The number of hydrogen-bond donors (Lipinski definition) is 2. The van der Waals surface area contributed by atoms with Gasteiger partial charge in [0.2, 0.25) is 0 Å². The molecule has 2 aromatic carbocycles. The van der Waals surface area contributed by atoms with Crippen molar-refractivity contribution in [3.8, 4) is 16.9 Å². The molecule has 0 spiro atoms. The zero-order valence-electron chi connectivity index (χ0n) is 21.1. The van der Waals surface area contributed by atoms with Crippen LogP contribution in [0.15, 0.2) is 48.7 Å². The van der Waals surface area contributed by atoms with Crippen LogP contribution in [0.2, 0.25) is 0 Å². The van der Waals surface area contributed by atoms with Crippen LogP contribution in [0.4, 0.5) is 0 Å². The predicted molar refractivity (Wildman–Crippen MR) is 139 cm³/mol. The number of aromatic nitrogens is 2. The molecule has 0 bridgehead atoms. The molecule has 7 heteroatoms. The average molecular weight is 479 g/mol. The highest BCUT2D eigenvalue weighted by Crippen LogP contribution is 2.39. The fourth-order valence-corrected chi connectivity index (χ4v) is 4.17. The van der Waals surface area contributed by atoms with Gasteiger partial charge in [-0.05, 0) is 69.5 Å². The van der Waals surface area contributed by atoms with Crippen LogP contribution in [0.3, 0.4) is 0 Å². The number of aliphatic hydroxyl groups excluding tert-OH is 1. The van der Waals surface area contributed by atoms with Gasteiger partial charge in [-0.3, -0.25) is 0 Å². The quantitative estimate of drug-likeness (QED) is 0.411. The van der Waals surface area contributed by atoms with Crippen molar-refractivity contribution >= 4 is 28.7 Å². The van der Waals surface area contributed by atoms with E-state index in [0.717, 1.165) is 33.2 Å². The van der Waals surface area contributed by atoms with Crippen molar-refractivity contribution in [3.05, 3.63) is 59.8 Å². The van der Waals surface area contributed by atoms with Crippen molar-refractivity contribution in [1.29, 1.82) is 0 Å². The van der Waals surface area contributed by atoms with Crippen molar-refractivity contribution in [3.63, 3.8) is 0 Å². The average Bonchev–Trinajstić information content (AvgIpc) is 3.39. The summed E-state index contributed by atoms with van der Waals surface area (Å²) in [5, 5.41) is 9.81. The highest BCUT2D eigenvalue weighted by molar-refractivity contribution is 6.15. The normalized spacial score (nSPS) is 16.3. The van der Waals surface area contributed by atoms with Crippen LogP contribution in [0.5, 0.6) is 5.75 Å². The van der Waals surface area contributed by atoms with Crippen molar-refractivity contribution in [2.45, 2.75) is 46.5 Å². The lowest BCUT2D eigenvalue weighted by atomic mass is 9.98. The lowest BCUT2D eigenvalue weighted by Crippen LogP contribution is -2.25. The van der Waals surface area contributed by atoms with Gasteiger partial charge < -0.3 is 29.1 Å². The summed E-state index contributed by atoms with van der Waals surface area (Å²) < 4.78 is 17.8. The molecule has 2 aromatic heterocycles. The SMILES string of the molecule is C=O.CCO.Cc1cccc(-c2ccc(OCC3COC(C)(C)O3)c3[nH]c4ncc(C)cc4c23)c1. The number of carbonyl (C=O) groups is 1. The van der Waals surface area contributed by atoms with E-state index in [2.05, 4.69) is 60.2 Å². The molecular weight excluding hydrogens is 444 g/mol. The third-order valence-corrected chi connectivity index (χ3v) is 5.53. The molecule has 0 saturated carbocycles. The summed E-state index contributed by atoms with van der Waals surface area (Å²) >= 11 is 0. The van der Waals surface area contributed by atoms with Gasteiger partial charge >= 0.3 is 0 Å². The number of nitrogens with one attached hydrogen (secondary N) is 1. The van der Waals surface area contributed by atoms with Crippen LogP contribution in [0, 0.1) is 13.8 Å². The number of benzene rings is 2. The molecule has 1 saturated heterocycles. The second-order valence-electron chi connectivity index (χ2n) is 8.84. The lowest BCUT2D eigenvalue weighted by Gasteiger charge is -2.17. The van der Waals surface area contributed by atoms with E-state index >= 15 is 0 Å². The molecule has 4 aromatic rings. The second kappa shape index (κ2) is 11.4. The summed E-state index contributed by atoms with van der Waals surface area (Å²) in [5.41, 5.74) is 6.53. The van der Waals surface area contributed by atoms with Gasteiger partial charge in [-0.15, -0.1) is 0 Å². The van der Waals surface area contributed by atoms with E-state index in [0.29, 0.717) is 13.2 Å². The lowest BCUT2D eigenvalue weighted by molar-refractivity contribution is -0.141. The largest absolute Gasteiger partial charge is 0.489 e. The fraction of sp³-hybridized carbons (Fsp3) is 0.357.